The first-order chi connectivity index (χ1) is 7.59. The maximum atomic E-state index is 11.2. The molecule has 1 N–H and O–H groups in total. The summed E-state index contributed by atoms with van der Waals surface area (Å²) in [7, 11) is -1.46. The smallest absolute Gasteiger partial charge is 0.173 e. The number of ether oxygens (including phenoxy) is 1. The van der Waals surface area contributed by atoms with Crippen molar-refractivity contribution < 1.29 is 13.2 Å². The minimum absolute atomic E-state index is 0.0840. The lowest BCUT2D eigenvalue weighted by Crippen LogP contribution is -2.21. The van der Waals surface area contributed by atoms with Gasteiger partial charge in [0.2, 0.25) is 0 Å². The number of rotatable bonds is 3. The molecule has 1 unspecified atom stereocenters. The highest BCUT2D eigenvalue weighted by Crippen LogP contribution is 2.15. The first-order valence-electron chi connectivity index (χ1n) is 4.76. The van der Waals surface area contributed by atoms with Gasteiger partial charge in [0, 0.05) is 5.41 Å². The third kappa shape index (κ3) is 2.52. The highest BCUT2D eigenvalue weighted by atomic mass is 32.2. The van der Waals surface area contributed by atoms with E-state index in [0.717, 1.165) is 0 Å². The Bertz CT molecular complexity index is 493. The molecule has 86 valence electrons. The first-order valence-corrected chi connectivity index (χ1v) is 6.48. The molecule has 0 amide bonds. The van der Waals surface area contributed by atoms with Crippen LogP contribution in [0.15, 0.2) is 29.8 Å². The second-order valence-electron chi connectivity index (χ2n) is 3.49. The van der Waals surface area contributed by atoms with E-state index in [-0.39, 0.29) is 11.8 Å². The third-order valence-electron chi connectivity index (χ3n) is 2.24. The van der Waals surface area contributed by atoms with Gasteiger partial charge in [-0.1, -0.05) is 0 Å². The number of hydrogen-bond acceptors (Lipinski definition) is 5. The molecule has 0 bridgehead atoms. The minimum atomic E-state index is -3.02. The molecule has 0 fully saturated rings. The molecule has 0 spiro atoms. The molecule has 0 saturated carbocycles. The van der Waals surface area contributed by atoms with Crippen LogP contribution in [0, 0.1) is 0 Å². The van der Waals surface area contributed by atoms with Crippen LogP contribution >= 0.6 is 0 Å². The fraction of sp³-hybridized carbons (Fsp3) is 0.300. The molecule has 1 aliphatic heterocycles. The Balaban J connectivity index is 2.03. The molecular formula is C10H12N2O3S. The first kappa shape index (κ1) is 10.9. The lowest BCUT2D eigenvalue weighted by molar-refractivity contribution is 0.413. The van der Waals surface area contributed by atoms with Gasteiger partial charge in [-0.2, -0.15) is 0 Å². The van der Waals surface area contributed by atoms with Crippen molar-refractivity contribution in [2.75, 3.05) is 18.2 Å². The van der Waals surface area contributed by atoms with Gasteiger partial charge in [-0.15, -0.1) is 0 Å². The lowest BCUT2D eigenvalue weighted by atomic mass is 10.3. The summed E-state index contributed by atoms with van der Waals surface area (Å²) in [6.45, 7) is 0. The Hall–Kier alpha value is -1.56. The Morgan fingerprint density at radius 1 is 1.50 bits per heavy atom. The van der Waals surface area contributed by atoms with Crippen LogP contribution < -0.4 is 10.1 Å². The predicted octanol–water partition coefficient (Wildman–Crippen LogP) is 0.813. The zero-order valence-electron chi connectivity index (χ0n) is 8.75. The summed E-state index contributed by atoms with van der Waals surface area (Å²) < 4.78 is 27.3. The molecule has 0 aliphatic carbocycles. The van der Waals surface area contributed by atoms with Crippen LogP contribution in [0.3, 0.4) is 0 Å². The third-order valence-corrected chi connectivity index (χ3v) is 3.63. The van der Waals surface area contributed by atoms with Crippen LogP contribution in [-0.2, 0) is 9.84 Å². The highest BCUT2D eigenvalue weighted by Gasteiger charge is 2.21. The van der Waals surface area contributed by atoms with Gasteiger partial charge in [0.05, 0.1) is 25.1 Å². The van der Waals surface area contributed by atoms with Gasteiger partial charge in [-0.05, 0) is 18.2 Å². The number of nitrogens with zero attached hydrogens (tertiary/aromatic N) is 1. The second kappa shape index (κ2) is 4.13. The van der Waals surface area contributed by atoms with E-state index < -0.39 is 9.84 Å². The largest absolute Gasteiger partial charge is 0.495 e. The lowest BCUT2D eigenvalue weighted by Gasteiger charge is -2.10. The molecule has 1 atom stereocenters. The molecule has 0 saturated heterocycles. The quantitative estimate of drug-likeness (QED) is 0.847. The Kier molecular flexibility index (Phi) is 2.82. The molecule has 0 radical (unpaired) electrons. The Morgan fingerprint density at radius 2 is 2.31 bits per heavy atom. The van der Waals surface area contributed by atoms with Crippen molar-refractivity contribution in [1.82, 2.24) is 4.98 Å². The van der Waals surface area contributed by atoms with Crippen LogP contribution in [0.25, 0.3) is 0 Å². The topological polar surface area (TPSA) is 68.3 Å². The molecule has 1 aliphatic rings. The van der Waals surface area contributed by atoms with Gasteiger partial charge in [0.25, 0.3) is 0 Å². The number of anilines is 1. The molecule has 0 aromatic carbocycles. The van der Waals surface area contributed by atoms with Gasteiger partial charge >= 0.3 is 0 Å². The maximum Gasteiger partial charge on any atom is 0.173 e. The number of hydrogen-bond donors (Lipinski definition) is 1. The van der Waals surface area contributed by atoms with E-state index in [9.17, 15) is 8.42 Å². The van der Waals surface area contributed by atoms with Crippen molar-refractivity contribution in [1.29, 1.82) is 0 Å². The average Bonchev–Trinajstić information content (AvgIpc) is 2.59. The normalized spacial score (nSPS) is 21.9. The van der Waals surface area contributed by atoms with Crippen molar-refractivity contribution >= 4 is 15.7 Å². The van der Waals surface area contributed by atoms with Gasteiger partial charge < -0.3 is 10.1 Å². The summed E-state index contributed by atoms with van der Waals surface area (Å²) in [5, 5.41) is 4.25. The monoisotopic (exact) mass is 240 g/mol. The standard InChI is InChI=1S/C10H12N2O3S/c1-15-9-2-3-10(11-6-9)12-8-4-5-16(13,14)7-8/h2-6,8H,7H2,1H3,(H,11,12). The summed E-state index contributed by atoms with van der Waals surface area (Å²) in [5.74, 6) is 1.38. The second-order valence-corrected chi connectivity index (χ2v) is 5.42. The van der Waals surface area contributed by atoms with E-state index >= 15 is 0 Å². The van der Waals surface area contributed by atoms with Gasteiger partial charge in [-0.3, -0.25) is 0 Å². The maximum absolute atomic E-state index is 11.2. The summed E-state index contributed by atoms with van der Waals surface area (Å²) in [6.07, 6.45) is 3.21. The van der Waals surface area contributed by atoms with E-state index in [2.05, 4.69) is 10.3 Å². The molecule has 16 heavy (non-hydrogen) atoms. The predicted molar refractivity (Wildman–Crippen MR) is 61.1 cm³/mol. The van der Waals surface area contributed by atoms with E-state index in [1.165, 1.54) is 5.41 Å². The molecular weight excluding hydrogens is 228 g/mol. The van der Waals surface area contributed by atoms with Crippen molar-refractivity contribution in [3.05, 3.63) is 29.8 Å². The fourth-order valence-electron chi connectivity index (χ4n) is 1.44. The Morgan fingerprint density at radius 3 is 2.81 bits per heavy atom. The van der Waals surface area contributed by atoms with Gasteiger partial charge in [0.15, 0.2) is 9.84 Å². The number of nitrogens with one attached hydrogen (secondary N) is 1. The number of aromatic nitrogens is 1. The van der Waals surface area contributed by atoms with E-state index in [0.29, 0.717) is 11.6 Å². The molecule has 2 heterocycles. The fourth-order valence-corrected chi connectivity index (χ4v) is 2.68. The summed E-state index contributed by atoms with van der Waals surface area (Å²) in [5.41, 5.74) is 0. The van der Waals surface area contributed by atoms with Gasteiger partial charge in [-0.25, -0.2) is 13.4 Å². The number of sulfone groups is 1. The SMILES string of the molecule is COc1ccc(NC2C=CS(=O)(=O)C2)nc1. The van der Waals surface area contributed by atoms with Crippen LogP contribution in [0.1, 0.15) is 0 Å². The molecule has 6 heteroatoms. The molecule has 2 rings (SSSR count). The Labute approximate surface area is 94.1 Å². The highest BCUT2D eigenvalue weighted by molar-refractivity contribution is 7.94. The average molecular weight is 240 g/mol. The summed E-state index contributed by atoms with van der Waals surface area (Å²) >= 11 is 0. The van der Waals surface area contributed by atoms with Crippen molar-refractivity contribution in [3.63, 3.8) is 0 Å². The van der Waals surface area contributed by atoms with Crippen molar-refractivity contribution in [3.8, 4) is 5.75 Å². The zero-order valence-corrected chi connectivity index (χ0v) is 9.57. The van der Waals surface area contributed by atoms with E-state index in [1.807, 2.05) is 0 Å². The number of pyridine rings is 1. The summed E-state index contributed by atoms with van der Waals surface area (Å²) in [6, 6.07) is 3.31. The number of methoxy groups -OCH3 is 1. The zero-order chi connectivity index (χ0) is 11.6. The minimum Gasteiger partial charge on any atom is -0.495 e. The van der Waals surface area contributed by atoms with Crippen LogP contribution in [-0.4, -0.2) is 32.3 Å². The molecule has 1 aromatic rings. The van der Waals surface area contributed by atoms with Crippen LogP contribution in [0.4, 0.5) is 5.82 Å². The van der Waals surface area contributed by atoms with Crippen LogP contribution in [0.2, 0.25) is 0 Å². The summed E-state index contributed by atoms with van der Waals surface area (Å²) in [4.78, 5) is 4.10. The van der Waals surface area contributed by atoms with Crippen LogP contribution in [0.5, 0.6) is 5.75 Å². The molecule has 5 nitrogen and oxygen atoms in total. The van der Waals surface area contributed by atoms with E-state index in [1.54, 1.807) is 31.5 Å². The van der Waals surface area contributed by atoms with Crippen molar-refractivity contribution in [2.45, 2.75) is 6.04 Å². The van der Waals surface area contributed by atoms with E-state index in [4.69, 9.17) is 4.74 Å². The van der Waals surface area contributed by atoms with Gasteiger partial charge in [0.1, 0.15) is 11.6 Å². The van der Waals surface area contributed by atoms with Crippen molar-refractivity contribution in [2.24, 2.45) is 0 Å². The molecule has 1 aromatic heterocycles.